The van der Waals surface area contributed by atoms with Gasteiger partial charge in [-0.1, -0.05) is 35.9 Å². The molecule has 1 atom stereocenters. The molecule has 0 aliphatic heterocycles. The summed E-state index contributed by atoms with van der Waals surface area (Å²) in [4.78, 5) is 30.4. The molecule has 216 valence electrons. The van der Waals surface area contributed by atoms with Gasteiger partial charge < -0.3 is 10.4 Å². The standard InChI is InChI=1S/C28H23ClF3N7O3/c1-17-5-4-6-20(13-17)34-26(41)21-7-2-3-8-22(21)39-16-33-24(35-39)15-38-27(42)37(14-23(40)28(30,31)32)25(36-38)18-9-11-19(29)12-10-18/h2-13,16,23,40H,14-15H2,1H3,(H,34,41)/t23-/m0/s1. The zero-order valence-electron chi connectivity index (χ0n) is 22.0. The summed E-state index contributed by atoms with van der Waals surface area (Å²) >= 11 is 5.93. The van der Waals surface area contributed by atoms with Gasteiger partial charge in [0.05, 0.1) is 17.8 Å². The van der Waals surface area contributed by atoms with Crippen molar-refractivity contribution in [1.29, 1.82) is 0 Å². The maximum absolute atomic E-state index is 13.2. The quantitative estimate of drug-likeness (QED) is 0.272. The van der Waals surface area contributed by atoms with Crippen molar-refractivity contribution in [2.75, 3.05) is 5.32 Å². The van der Waals surface area contributed by atoms with E-state index < -0.39 is 24.5 Å². The van der Waals surface area contributed by atoms with E-state index in [0.29, 0.717) is 27.5 Å². The lowest BCUT2D eigenvalue weighted by Crippen LogP contribution is -2.37. The van der Waals surface area contributed by atoms with E-state index in [4.69, 9.17) is 11.6 Å². The zero-order valence-corrected chi connectivity index (χ0v) is 22.7. The lowest BCUT2D eigenvalue weighted by atomic mass is 10.1. The lowest BCUT2D eigenvalue weighted by Gasteiger charge is -2.15. The van der Waals surface area contributed by atoms with Crippen molar-refractivity contribution in [2.24, 2.45) is 0 Å². The Balaban J connectivity index is 1.44. The third kappa shape index (κ3) is 6.26. The first-order valence-corrected chi connectivity index (χ1v) is 12.9. The van der Waals surface area contributed by atoms with Crippen LogP contribution in [0.3, 0.4) is 0 Å². The summed E-state index contributed by atoms with van der Waals surface area (Å²) in [7, 11) is 0. The van der Waals surface area contributed by atoms with E-state index in [9.17, 15) is 27.9 Å². The van der Waals surface area contributed by atoms with E-state index in [-0.39, 0.29) is 24.1 Å². The number of carbonyl (C=O) groups excluding carboxylic acids is 1. The maximum Gasteiger partial charge on any atom is 0.416 e. The van der Waals surface area contributed by atoms with Crippen molar-refractivity contribution in [2.45, 2.75) is 32.3 Å². The summed E-state index contributed by atoms with van der Waals surface area (Å²) < 4.78 is 42.4. The topological polar surface area (TPSA) is 120 Å². The summed E-state index contributed by atoms with van der Waals surface area (Å²) in [5.41, 5.74) is 1.73. The van der Waals surface area contributed by atoms with Gasteiger partial charge in [0.25, 0.3) is 5.91 Å². The Labute approximate surface area is 241 Å². The number of alkyl halides is 3. The summed E-state index contributed by atoms with van der Waals surface area (Å²) in [6, 6.07) is 20.0. The van der Waals surface area contributed by atoms with E-state index in [1.54, 1.807) is 30.3 Å². The van der Waals surface area contributed by atoms with Crippen molar-refractivity contribution in [3.8, 4) is 17.1 Å². The number of nitrogens with one attached hydrogen (secondary N) is 1. The fraction of sp³-hybridized carbons (Fsp3) is 0.179. The highest BCUT2D eigenvalue weighted by Gasteiger charge is 2.39. The number of halogens is 4. The number of aromatic nitrogens is 6. The van der Waals surface area contributed by atoms with E-state index in [1.807, 2.05) is 25.1 Å². The predicted octanol–water partition coefficient (Wildman–Crippen LogP) is 4.48. The number of hydrogen-bond acceptors (Lipinski definition) is 6. The minimum absolute atomic E-state index is 0.0995. The minimum atomic E-state index is -4.95. The number of amides is 1. The van der Waals surface area contributed by atoms with E-state index >= 15 is 0 Å². The van der Waals surface area contributed by atoms with Crippen LogP contribution in [0, 0.1) is 6.92 Å². The molecular weight excluding hydrogens is 575 g/mol. The van der Waals surface area contributed by atoms with E-state index in [0.717, 1.165) is 14.8 Å². The molecule has 0 radical (unpaired) electrons. The van der Waals surface area contributed by atoms with Gasteiger partial charge in [0.2, 0.25) is 0 Å². The summed E-state index contributed by atoms with van der Waals surface area (Å²) in [6.45, 7) is 0.552. The Kier molecular flexibility index (Phi) is 7.96. The first kappa shape index (κ1) is 28.8. The summed E-state index contributed by atoms with van der Waals surface area (Å²) in [5.74, 6) is -0.369. The fourth-order valence-electron chi connectivity index (χ4n) is 4.20. The molecular formula is C28H23ClF3N7O3. The van der Waals surface area contributed by atoms with E-state index in [2.05, 4.69) is 20.5 Å². The number of rotatable bonds is 8. The van der Waals surface area contributed by atoms with Crippen LogP contribution in [0.25, 0.3) is 17.1 Å². The van der Waals surface area contributed by atoms with Gasteiger partial charge in [0.1, 0.15) is 12.9 Å². The van der Waals surface area contributed by atoms with Crippen LogP contribution in [0.4, 0.5) is 18.9 Å². The molecule has 42 heavy (non-hydrogen) atoms. The van der Waals surface area contributed by atoms with E-state index in [1.165, 1.54) is 35.3 Å². The highest BCUT2D eigenvalue weighted by Crippen LogP contribution is 2.24. The van der Waals surface area contributed by atoms with Gasteiger partial charge in [-0.2, -0.15) is 13.2 Å². The largest absolute Gasteiger partial charge is 0.416 e. The van der Waals surface area contributed by atoms with Gasteiger partial charge in [0.15, 0.2) is 17.8 Å². The second kappa shape index (κ2) is 11.6. The van der Waals surface area contributed by atoms with Crippen molar-refractivity contribution in [3.05, 3.63) is 112 Å². The van der Waals surface area contributed by atoms with Gasteiger partial charge in [-0.15, -0.1) is 10.2 Å². The fourth-order valence-corrected chi connectivity index (χ4v) is 4.33. The van der Waals surface area contributed by atoms with Crippen LogP contribution in [0.5, 0.6) is 0 Å². The van der Waals surface area contributed by atoms with Gasteiger partial charge in [0, 0.05) is 16.3 Å². The van der Waals surface area contributed by atoms with Gasteiger partial charge >= 0.3 is 11.9 Å². The van der Waals surface area contributed by atoms with Crippen LogP contribution in [0.15, 0.2) is 83.9 Å². The highest BCUT2D eigenvalue weighted by atomic mass is 35.5. The summed E-state index contributed by atoms with van der Waals surface area (Å²) in [6.07, 6.45) is -6.39. The second-order valence-corrected chi connectivity index (χ2v) is 9.82. The predicted molar refractivity (Wildman–Crippen MR) is 149 cm³/mol. The molecule has 0 saturated heterocycles. The third-order valence-electron chi connectivity index (χ3n) is 6.26. The molecule has 2 N–H and O–H groups in total. The Morgan fingerprint density at radius 2 is 1.79 bits per heavy atom. The number of anilines is 1. The molecule has 0 bridgehead atoms. The first-order chi connectivity index (χ1) is 20.0. The number of hydrogen-bond donors (Lipinski definition) is 2. The molecule has 0 saturated carbocycles. The molecule has 0 unspecified atom stereocenters. The minimum Gasteiger partial charge on any atom is -0.382 e. The molecule has 2 heterocycles. The highest BCUT2D eigenvalue weighted by molar-refractivity contribution is 6.30. The van der Waals surface area contributed by atoms with Crippen LogP contribution >= 0.6 is 11.6 Å². The number of aliphatic hydroxyl groups is 1. The number of carbonyl (C=O) groups is 1. The van der Waals surface area contributed by atoms with Crippen LogP contribution in [0.1, 0.15) is 21.7 Å². The van der Waals surface area contributed by atoms with Crippen molar-refractivity contribution in [1.82, 2.24) is 29.1 Å². The Morgan fingerprint density at radius 3 is 2.50 bits per heavy atom. The number of aliphatic hydroxyl groups excluding tert-OH is 1. The van der Waals surface area contributed by atoms with Crippen LogP contribution in [-0.4, -0.2) is 52.4 Å². The number of nitrogens with zero attached hydrogens (tertiary/aromatic N) is 6. The number of para-hydroxylation sites is 1. The van der Waals surface area contributed by atoms with Crippen LogP contribution in [-0.2, 0) is 13.1 Å². The third-order valence-corrected chi connectivity index (χ3v) is 6.51. The molecule has 3 aromatic carbocycles. The Hall–Kier alpha value is -4.75. The van der Waals surface area contributed by atoms with Crippen LogP contribution in [0.2, 0.25) is 5.02 Å². The van der Waals surface area contributed by atoms with Gasteiger partial charge in [-0.3, -0.25) is 9.36 Å². The Bertz CT molecular complexity index is 1800. The van der Waals surface area contributed by atoms with Gasteiger partial charge in [-0.25, -0.2) is 19.1 Å². The number of benzene rings is 3. The first-order valence-electron chi connectivity index (χ1n) is 12.6. The second-order valence-electron chi connectivity index (χ2n) is 9.38. The molecule has 10 nitrogen and oxygen atoms in total. The monoisotopic (exact) mass is 597 g/mol. The average molecular weight is 598 g/mol. The maximum atomic E-state index is 13.2. The van der Waals surface area contributed by atoms with Crippen molar-refractivity contribution >= 4 is 23.2 Å². The van der Waals surface area contributed by atoms with Crippen molar-refractivity contribution < 1.29 is 23.1 Å². The van der Waals surface area contributed by atoms with Gasteiger partial charge in [-0.05, 0) is 61.0 Å². The normalized spacial score (nSPS) is 12.3. The van der Waals surface area contributed by atoms with Crippen LogP contribution < -0.4 is 11.0 Å². The molecule has 5 rings (SSSR count). The smallest absolute Gasteiger partial charge is 0.382 e. The molecule has 1 amide bonds. The zero-order chi connectivity index (χ0) is 30.0. The molecule has 14 heteroatoms. The molecule has 0 spiro atoms. The number of aryl methyl sites for hydroxylation is 1. The molecule has 0 fully saturated rings. The molecule has 5 aromatic rings. The SMILES string of the molecule is Cc1cccc(NC(=O)c2ccccc2-n2cnc(Cn3nc(-c4ccc(Cl)cc4)n(C[C@H](O)C(F)(F)F)c3=O)n2)c1. The Morgan fingerprint density at radius 1 is 1.05 bits per heavy atom. The lowest BCUT2D eigenvalue weighted by molar-refractivity contribution is -0.207. The molecule has 2 aromatic heterocycles. The summed E-state index contributed by atoms with van der Waals surface area (Å²) in [5, 5.41) is 21.5. The molecule has 0 aliphatic rings. The average Bonchev–Trinajstić information content (AvgIpc) is 3.53. The molecule has 0 aliphatic carbocycles. The van der Waals surface area contributed by atoms with Crippen molar-refractivity contribution in [3.63, 3.8) is 0 Å².